The number of hydrogen-bond donors (Lipinski definition) is 1. The van der Waals surface area contributed by atoms with Crippen LogP contribution in [0.2, 0.25) is 10.0 Å². The molecule has 1 aromatic heterocycles. The van der Waals surface area contributed by atoms with E-state index >= 15 is 0 Å². The normalized spacial score (nSPS) is 12.9. The van der Waals surface area contributed by atoms with Crippen LogP contribution in [0, 0.1) is 5.82 Å². The van der Waals surface area contributed by atoms with Crippen molar-refractivity contribution >= 4 is 44.6 Å². The predicted molar refractivity (Wildman–Crippen MR) is 105 cm³/mol. The van der Waals surface area contributed by atoms with Crippen LogP contribution in [0.1, 0.15) is 22.0 Å². The highest BCUT2D eigenvalue weighted by atomic mass is 35.5. The number of hydrogen-bond acceptors (Lipinski definition) is 3. The summed E-state index contributed by atoms with van der Waals surface area (Å²) in [6, 6.07) is 13.5. The number of benzene rings is 2. The third kappa shape index (κ3) is 4.84. The van der Waals surface area contributed by atoms with E-state index in [-0.39, 0.29) is 11.6 Å². The van der Waals surface area contributed by atoms with Gasteiger partial charge in [0.05, 0.1) is 21.8 Å². The first-order valence-corrected chi connectivity index (χ1v) is 10.9. The van der Waals surface area contributed by atoms with E-state index in [9.17, 15) is 12.8 Å². The van der Waals surface area contributed by atoms with E-state index in [1.165, 1.54) is 29.5 Å². The largest absolute Gasteiger partial charge is 0.216 e. The maximum atomic E-state index is 13.2. The van der Waals surface area contributed by atoms with E-state index in [2.05, 4.69) is 4.72 Å². The molecule has 0 saturated carbocycles. The minimum absolute atomic E-state index is 0.243. The van der Waals surface area contributed by atoms with Crippen molar-refractivity contribution in [3.8, 4) is 0 Å². The Bertz CT molecular complexity index is 991. The average Bonchev–Trinajstić information content (AvgIpc) is 3.11. The topological polar surface area (TPSA) is 46.2 Å². The molecule has 136 valence electrons. The number of thiophene rings is 1. The second kappa shape index (κ2) is 8.06. The zero-order valence-corrected chi connectivity index (χ0v) is 16.5. The van der Waals surface area contributed by atoms with Crippen molar-refractivity contribution in [1.82, 2.24) is 4.72 Å². The van der Waals surface area contributed by atoms with Crippen LogP contribution in [-0.4, -0.2) is 8.42 Å². The fourth-order valence-electron chi connectivity index (χ4n) is 2.47. The monoisotopic (exact) mass is 429 g/mol. The molecule has 1 unspecified atom stereocenters. The SMILES string of the molecule is O=S(=O)(Cc1ccc(Cl)c(Cl)c1)NC(c1ccc(F)cc1)c1cccs1. The molecule has 3 aromatic rings. The lowest BCUT2D eigenvalue weighted by molar-refractivity contribution is 0.572. The molecular weight excluding hydrogens is 416 g/mol. The van der Waals surface area contributed by atoms with Crippen LogP contribution in [0.25, 0.3) is 0 Å². The lowest BCUT2D eigenvalue weighted by Gasteiger charge is -2.18. The van der Waals surface area contributed by atoms with Crippen molar-refractivity contribution in [2.75, 3.05) is 0 Å². The van der Waals surface area contributed by atoms with Gasteiger partial charge in [0.2, 0.25) is 10.0 Å². The van der Waals surface area contributed by atoms with E-state index in [4.69, 9.17) is 23.2 Å². The average molecular weight is 430 g/mol. The van der Waals surface area contributed by atoms with E-state index in [1.54, 1.807) is 24.3 Å². The number of rotatable bonds is 6. The van der Waals surface area contributed by atoms with Crippen LogP contribution >= 0.6 is 34.5 Å². The van der Waals surface area contributed by atoms with Gasteiger partial charge < -0.3 is 0 Å². The van der Waals surface area contributed by atoms with Gasteiger partial charge in [-0.05, 0) is 46.8 Å². The summed E-state index contributed by atoms with van der Waals surface area (Å²) in [7, 11) is -3.69. The van der Waals surface area contributed by atoms with Gasteiger partial charge in [-0.3, -0.25) is 0 Å². The summed E-state index contributed by atoms with van der Waals surface area (Å²) in [5, 5.41) is 2.52. The van der Waals surface area contributed by atoms with E-state index < -0.39 is 16.1 Å². The Hall–Kier alpha value is -1.44. The number of halogens is 3. The van der Waals surface area contributed by atoms with Gasteiger partial charge in [0.25, 0.3) is 0 Å². The van der Waals surface area contributed by atoms with Crippen molar-refractivity contribution in [3.05, 3.63) is 91.8 Å². The van der Waals surface area contributed by atoms with Crippen molar-refractivity contribution in [2.24, 2.45) is 0 Å². The zero-order valence-electron chi connectivity index (χ0n) is 13.3. The van der Waals surface area contributed by atoms with Gasteiger partial charge in [0.1, 0.15) is 5.82 Å². The fourth-order valence-corrected chi connectivity index (χ4v) is 4.99. The number of nitrogens with one attached hydrogen (secondary N) is 1. The second-order valence-electron chi connectivity index (χ2n) is 5.63. The molecule has 0 amide bonds. The smallest absolute Gasteiger partial charge is 0.212 e. The molecule has 0 spiro atoms. The Morgan fingerprint density at radius 1 is 1.04 bits per heavy atom. The summed E-state index contributed by atoms with van der Waals surface area (Å²) in [6.45, 7) is 0. The molecular formula is C18H14Cl2FNO2S2. The summed E-state index contributed by atoms with van der Waals surface area (Å²) < 4.78 is 41.3. The van der Waals surface area contributed by atoms with Crippen LogP contribution in [0.3, 0.4) is 0 Å². The standard InChI is InChI=1S/C18H14Cl2FNO2S2/c19-15-8-3-12(10-16(15)20)11-26(23,24)22-18(17-2-1-9-25-17)13-4-6-14(21)7-5-13/h1-10,18,22H,11H2. The van der Waals surface area contributed by atoms with Gasteiger partial charge in [-0.2, -0.15) is 0 Å². The maximum Gasteiger partial charge on any atom is 0.216 e. The lowest BCUT2D eigenvalue weighted by atomic mass is 10.1. The molecule has 8 heteroatoms. The molecule has 0 aliphatic heterocycles. The highest BCUT2D eigenvalue weighted by Crippen LogP contribution is 2.28. The summed E-state index contributed by atoms with van der Waals surface area (Å²) >= 11 is 13.3. The zero-order chi connectivity index (χ0) is 18.7. The van der Waals surface area contributed by atoms with Gasteiger partial charge in [0, 0.05) is 4.88 Å². The summed E-state index contributed by atoms with van der Waals surface area (Å²) in [5.74, 6) is -0.621. The molecule has 0 aliphatic carbocycles. The van der Waals surface area contributed by atoms with Crippen LogP contribution < -0.4 is 4.72 Å². The van der Waals surface area contributed by atoms with Crippen molar-refractivity contribution < 1.29 is 12.8 Å². The second-order valence-corrected chi connectivity index (χ2v) is 9.17. The van der Waals surface area contributed by atoms with E-state index in [1.807, 2.05) is 17.5 Å². The first-order chi connectivity index (χ1) is 12.3. The number of sulfonamides is 1. The van der Waals surface area contributed by atoms with Crippen LogP contribution in [0.15, 0.2) is 60.0 Å². The molecule has 0 saturated heterocycles. The molecule has 1 atom stereocenters. The van der Waals surface area contributed by atoms with Crippen LogP contribution in [0.4, 0.5) is 4.39 Å². The summed E-state index contributed by atoms with van der Waals surface area (Å²) in [4.78, 5) is 0.814. The minimum atomic E-state index is -3.69. The Labute approximate surface area is 165 Å². The first-order valence-electron chi connectivity index (χ1n) is 7.57. The molecule has 2 aromatic carbocycles. The van der Waals surface area contributed by atoms with Crippen molar-refractivity contribution in [2.45, 2.75) is 11.8 Å². The van der Waals surface area contributed by atoms with Gasteiger partial charge in [-0.1, -0.05) is 47.5 Å². The van der Waals surface area contributed by atoms with Crippen molar-refractivity contribution in [3.63, 3.8) is 0 Å². The summed E-state index contributed by atoms with van der Waals surface area (Å²) in [5.41, 5.74) is 1.18. The highest BCUT2D eigenvalue weighted by molar-refractivity contribution is 7.88. The minimum Gasteiger partial charge on any atom is -0.212 e. The Morgan fingerprint density at radius 3 is 2.38 bits per heavy atom. The lowest BCUT2D eigenvalue weighted by Crippen LogP contribution is -2.30. The molecule has 0 radical (unpaired) electrons. The Kier molecular flexibility index (Phi) is 5.99. The van der Waals surface area contributed by atoms with Crippen LogP contribution in [-0.2, 0) is 15.8 Å². The van der Waals surface area contributed by atoms with Gasteiger partial charge in [-0.25, -0.2) is 17.5 Å². The molecule has 1 N–H and O–H groups in total. The third-order valence-corrected chi connectivity index (χ3v) is 6.65. The molecule has 0 aliphatic rings. The molecule has 1 heterocycles. The van der Waals surface area contributed by atoms with Crippen LogP contribution in [0.5, 0.6) is 0 Å². The van der Waals surface area contributed by atoms with E-state index in [0.717, 1.165) is 4.88 Å². The Morgan fingerprint density at radius 2 is 1.77 bits per heavy atom. The molecule has 0 bridgehead atoms. The molecule has 26 heavy (non-hydrogen) atoms. The van der Waals surface area contributed by atoms with Crippen molar-refractivity contribution in [1.29, 1.82) is 0 Å². The van der Waals surface area contributed by atoms with Gasteiger partial charge in [-0.15, -0.1) is 11.3 Å². The van der Waals surface area contributed by atoms with E-state index in [0.29, 0.717) is 21.2 Å². The molecule has 3 nitrogen and oxygen atoms in total. The van der Waals surface area contributed by atoms with Gasteiger partial charge >= 0.3 is 0 Å². The molecule has 0 fully saturated rings. The first kappa shape index (κ1) is 19.3. The fraction of sp³-hybridized carbons (Fsp3) is 0.111. The highest BCUT2D eigenvalue weighted by Gasteiger charge is 2.22. The summed E-state index contributed by atoms with van der Waals surface area (Å²) in [6.07, 6.45) is 0. The third-order valence-electron chi connectivity index (χ3n) is 3.67. The quantitative estimate of drug-likeness (QED) is 0.569. The maximum absolute atomic E-state index is 13.2. The molecule has 3 rings (SSSR count). The van der Waals surface area contributed by atoms with Gasteiger partial charge in [0.15, 0.2) is 0 Å². The Balaban J connectivity index is 1.87. The predicted octanol–water partition coefficient (Wildman–Crippen LogP) is 5.40.